The number of nitrogens with two attached hydrogens (primary N) is 1. The van der Waals surface area contributed by atoms with Crippen molar-refractivity contribution in [2.24, 2.45) is 0 Å². The van der Waals surface area contributed by atoms with E-state index in [1.807, 2.05) is 32.0 Å². The molecule has 0 saturated heterocycles. The van der Waals surface area contributed by atoms with Crippen molar-refractivity contribution in [3.8, 4) is 0 Å². The van der Waals surface area contributed by atoms with Gasteiger partial charge in [0.15, 0.2) is 0 Å². The summed E-state index contributed by atoms with van der Waals surface area (Å²) >= 11 is 0. The molecule has 21 heavy (non-hydrogen) atoms. The van der Waals surface area contributed by atoms with Gasteiger partial charge in [0.25, 0.3) is 0 Å². The summed E-state index contributed by atoms with van der Waals surface area (Å²) in [4.78, 5) is 11.8. The van der Waals surface area contributed by atoms with Crippen LogP contribution >= 0.6 is 0 Å². The van der Waals surface area contributed by atoms with Gasteiger partial charge in [0.05, 0.1) is 17.5 Å². The highest BCUT2D eigenvalue weighted by Gasteiger charge is 2.08. The average molecular weight is 292 g/mol. The lowest BCUT2D eigenvalue weighted by Gasteiger charge is -2.13. The molecule has 0 heterocycles. The Morgan fingerprint density at radius 1 is 1.33 bits per heavy atom. The molecule has 1 rings (SSSR count). The third-order valence-corrected chi connectivity index (χ3v) is 3.44. The van der Waals surface area contributed by atoms with Gasteiger partial charge in [-0.15, -0.1) is 0 Å². The molecule has 0 fully saturated rings. The van der Waals surface area contributed by atoms with E-state index in [1.165, 1.54) is 19.3 Å². The number of hydrogen-bond donors (Lipinski definition) is 2. The average Bonchev–Trinajstić information content (AvgIpc) is 2.44. The first kappa shape index (κ1) is 17.5. The van der Waals surface area contributed by atoms with Crippen LogP contribution in [0.15, 0.2) is 18.2 Å². The van der Waals surface area contributed by atoms with E-state index in [1.54, 1.807) is 0 Å². The van der Waals surface area contributed by atoms with Gasteiger partial charge in [-0.2, -0.15) is 0 Å². The first-order valence-corrected chi connectivity index (χ1v) is 7.80. The first-order valence-electron chi connectivity index (χ1n) is 7.80. The van der Waals surface area contributed by atoms with Crippen molar-refractivity contribution in [3.63, 3.8) is 0 Å². The SMILES string of the molecule is CCCCCCC(C)OCC(=O)Nc1ccc(C)cc1N. The Bertz CT molecular complexity index is 446. The van der Waals surface area contributed by atoms with Crippen molar-refractivity contribution in [3.05, 3.63) is 23.8 Å². The molecule has 4 nitrogen and oxygen atoms in total. The van der Waals surface area contributed by atoms with E-state index in [-0.39, 0.29) is 18.6 Å². The summed E-state index contributed by atoms with van der Waals surface area (Å²) in [5, 5.41) is 2.78. The summed E-state index contributed by atoms with van der Waals surface area (Å²) in [7, 11) is 0. The maximum atomic E-state index is 11.8. The summed E-state index contributed by atoms with van der Waals surface area (Å²) in [5.41, 5.74) is 8.16. The van der Waals surface area contributed by atoms with Crippen LogP contribution < -0.4 is 11.1 Å². The van der Waals surface area contributed by atoms with Crippen molar-refractivity contribution >= 4 is 17.3 Å². The fourth-order valence-corrected chi connectivity index (χ4v) is 2.14. The summed E-state index contributed by atoms with van der Waals surface area (Å²) in [6.07, 6.45) is 6.00. The number of anilines is 2. The van der Waals surface area contributed by atoms with E-state index < -0.39 is 0 Å². The highest BCUT2D eigenvalue weighted by atomic mass is 16.5. The van der Waals surface area contributed by atoms with E-state index in [0.717, 1.165) is 18.4 Å². The van der Waals surface area contributed by atoms with E-state index in [2.05, 4.69) is 12.2 Å². The maximum absolute atomic E-state index is 11.8. The monoisotopic (exact) mass is 292 g/mol. The van der Waals surface area contributed by atoms with Crippen LogP contribution in [0.3, 0.4) is 0 Å². The van der Waals surface area contributed by atoms with Crippen molar-refractivity contribution in [2.75, 3.05) is 17.7 Å². The summed E-state index contributed by atoms with van der Waals surface area (Å²) in [5.74, 6) is -0.161. The second-order valence-corrected chi connectivity index (χ2v) is 5.61. The molecule has 0 spiro atoms. The van der Waals surface area contributed by atoms with Gasteiger partial charge in [-0.05, 0) is 38.0 Å². The lowest BCUT2D eigenvalue weighted by atomic mass is 10.1. The molecule has 1 aromatic carbocycles. The summed E-state index contributed by atoms with van der Waals surface area (Å²) < 4.78 is 5.57. The maximum Gasteiger partial charge on any atom is 0.250 e. The molecule has 0 bridgehead atoms. The molecule has 1 amide bonds. The zero-order chi connectivity index (χ0) is 15.7. The quantitative estimate of drug-likeness (QED) is 0.536. The van der Waals surface area contributed by atoms with Crippen molar-refractivity contribution in [1.29, 1.82) is 0 Å². The number of nitrogen functional groups attached to an aromatic ring is 1. The molecule has 1 unspecified atom stereocenters. The van der Waals surface area contributed by atoms with Gasteiger partial charge >= 0.3 is 0 Å². The molecule has 1 atom stereocenters. The van der Waals surface area contributed by atoms with Crippen molar-refractivity contribution < 1.29 is 9.53 Å². The number of amides is 1. The standard InChI is InChI=1S/C17H28N2O2/c1-4-5-6-7-8-14(3)21-12-17(20)19-16-10-9-13(2)11-15(16)18/h9-11,14H,4-8,12,18H2,1-3H3,(H,19,20). The number of hydrogen-bond acceptors (Lipinski definition) is 3. The van der Waals surface area contributed by atoms with Gasteiger partial charge < -0.3 is 15.8 Å². The second kappa shape index (κ2) is 9.40. The number of aryl methyl sites for hydroxylation is 1. The summed E-state index contributed by atoms with van der Waals surface area (Å²) in [6.45, 7) is 6.24. The molecular formula is C17H28N2O2. The fraction of sp³-hybridized carbons (Fsp3) is 0.588. The normalized spacial score (nSPS) is 12.1. The van der Waals surface area contributed by atoms with Crippen molar-refractivity contribution in [1.82, 2.24) is 0 Å². The smallest absolute Gasteiger partial charge is 0.250 e. The predicted molar refractivity (Wildman–Crippen MR) is 88.4 cm³/mol. The number of carbonyl (C=O) groups is 1. The minimum absolute atomic E-state index is 0.0717. The number of unbranched alkanes of at least 4 members (excludes halogenated alkanes) is 3. The minimum atomic E-state index is -0.161. The zero-order valence-electron chi connectivity index (χ0n) is 13.4. The number of rotatable bonds is 9. The Kier molecular flexibility index (Phi) is 7.83. The van der Waals surface area contributed by atoms with Gasteiger partial charge in [-0.25, -0.2) is 0 Å². The Hall–Kier alpha value is -1.55. The molecule has 3 N–H and O–H groups in total. The van der Waals surface area contributed by atoms with Crippen molar-refractivity contribution in [2.45, 2.75) is 59.0 Å². The molecule has 4 heteroatoms. The molecule has 0 aliphatic heterocycles. The largest absolute Gasteiger partial charge is 0.397 e. The highest BCUT2D eigenvalue weighted by Crippen LogP contribution is 2.19. The Balaban J connectivity index is 2.27. The number of ether oxygens (including phenoxy) is 1. The molecule has 0 aliphatic carbocycles. The fourth-order valence-electron chi connectivity index (χ4n) is 2.14. The van der Waals surface area contributed by atoms with Gasteiger partial charge in [-0.1, -0.05) is 38.7 Å². The number of carbonyl (C=O) groups excluding carboxylic acids is 1. The minimum Gasteiger partial charge on any atom is -0.397 e. The van der Waals surface area contributed by atoms with Gasteiger partial charge in [-0.3, -0.25) is 4.79 Å². The van der Waals surface area contributed by atoms with Crippen LogP contribution in [0.1, 0.15) is 51.5 Å². The Morgan fingerprint density at radius 2 is 2.10 bits per heavy atom. The van der Waals surface area contributed by atoms with Crippen LogP contribution in [0.25, 0.3) is 0 Å². The summed E-state index contributed by atoms with van der Waals surface area (Å²) in [6, 6.07) is 5.58. The van der Waals surface area contributed by atoms with Crippen LogP contribution in [-0.4, -0.2) is 18.6 Å². The molecule has 118 valence electrons. The van der Waals surface area contributed by atoms with Gasteiger partial charge in [0, 0.05) is 0 Å². The second-order valence-electron chi connectivity index (χ2n) is 5.61. The van der Waals surface area contributed by atoms with Gasteiger partial charge in [0.2, 0.25) is 5.91 Å². The Morgan fingerprint density at radius 3 is 2.76 bits per heavy atom. The predicted octanol–water partition coefficient (Wildman–Crippen LogP) is 3.89. The van der Waals surface area contributed by atoms with E-state index in [4.69, 9.17) is 10.5 Å². The number of benzene rings is 1. The van der Waals surface area contributed by atoms with Crippen LogP contribution in [0.5, 0.6) is 0 Å². The molecule has 0 aromatic heterocycles. The topological polar surface area (TPSA) is 64.3 Å². The third-order valence-electron chi connectivity index (χ3n) is 3.44. The third kappa shape index (κ3) is 7.14. The van der Waals surface area contributed by atoms with E-state index >= 15 is 0 Å². The van der Waals surface area contributed by atoms with Gasteiger partial charge in [0.1, 0.15) is 6.61 Å². The molecule has 1 aromatic rings. The zero-order valence-corrected chi connectivity index (χ0v) is 13.4. The van der Waals surface area contributed by atoms with Crippen LogP contribution in [0, 0.1) is 6.92 Å². The van der Waals surface area contributed by atoms with Crippen LogP contribution in [0.2, 0.25) is 0 Å². The molecule has 0 saturated carbocycles. The van der Waals surface area contributed by atoms with Crippen LogP contribution in [-0.2, 0) is 9.53 Å². The lowest BCUT2D eigenvalue weighted by Crippen LogP contribution is -2.22. The molecular weight excluding hydrogens is 264 g/mol. The van der Waals surface area contributed by atoms with E-state index in [9.17, 15) is 4.79 Å². The highest BCUT2D eigenvalue weighted by molar-refractivity contribution is 5.94. The van der Waals surface area contributed by atoms with E-state index in [0.29, 0.717) is 11.4 Å². The lowest BCUT2D eigenvalue weighted by molar-refractivity contribution is -0.122. The van der Waals surface area contributed by atoms with Crippen LogP contribution in [0.4, 0.5) is 11.4 Å². The molecule has 0 radical (unpaired) electrons. The Labute approximate surface area is 128 Å². The first-order chi connectivity index (χ1) is 10.0. The number of nitrogens with one attached hydrogen (secondary N) is 1. The molecule has 0 aliphatic rings.